The third-order valence-corrected chi connectivity index (χ3v) is 4.83. The van der Waals surface area contributed by atoms with Gasteiger partial charge < -0.3 is 25.5 Å². The van der Waals surface area contributed by atoms with E-state index in [1.165, 1.54) is 13.2 Å². The number of Topliss-reactive ketones (excluding diaryl/α,β-unsaturated/α-hetero) is 1. The average Bonchev–Trinajstić information content (AvgIpc) is 3.11. The predicted octanol–water partition coefficient (Wildman–Crippen LogP) is 2.77. The number of nitrogens with one attached hydrogen (secondary N) is 1. The molecule has 2 heterocycles. The van der Waals surface area contributed by atoms with Crippen molar-refractivity contribution in [3.63, 3.8) is 0 Å². The molecule has 0 spiro atoms. The molecule has 0 saturated heterocycles. The Bertz CT molecular complexity index is 1060. The number of nitrogens with zero attached hydrogens (tertiary/aromatic N) is 2. The van der Waals surface area contributed by atoms with Crippen molar-refractivity contribution in [2.75, 3.05) is 12.0 Å². The number of fused-ring (bicyclic) bond motifs is 1. The molecule has 27 heavy (non-hydrogen) atoms. The minimum absolute atomic E-state index is 0.0255. The van der Waals surface area contributed by atoms with Crippen LogP contribution in [0.5, 0.6) is 11.5 Å². The lowest BCUT2D eigenvalue weighted by Crippen LogP contribution is -2.45. The van der Waals surface area contributed by atoms with E-state index >= 15 is 0 Å². The average molecular weight is 364 g/mol. The Morgan fingerprint density at radius 1 is 1.22 bits per heavy atom. The standard InChI is InChI=1S/C20H20N4O3/c1-20(2)17(26)16(19-22-14-6-4-5-7-15(14)23-19)18(21)24(20)11-8-12(25)10-13(9-11)27-3/h4-10,25H,21H2,1-3H3,(H,22,23). The molecule has 1 aromatic heterocycles. The number of ketones is 1. The second-order valence-electron chi connectivity index (χ2n) is 6.98. The molecule has 138 valence electrons. The number of carbonyl (C=O) groups is 1. The van der Waals surface area contributed by atoms with Crippen LogP contribution in [0.25, 0.3) is 16.6 Å². The smallest absolute Gasteiger partial charge is 0.195 e. The fraction of sp³-hybridized carbons (Fsp3) is 0.200. The molecule has 0 atom stereocenters. The van der Waals surface area contributed by atoms with Crippen molar-refractivity contribution < 1.29 is 14.6 Å². The molecule has 0 aliphatic carbocycles. The van der Waals surface area contributed by atoms with Crippen molar-refractivity contribution in [3.05, 3.63) is 54.1 Å². The van der Waals surface area contributed by atoms with Crippen LogP contribution in [-0.4, -0.2) is 33.5 Å². The van der Waals surface area contributed by atoms with Gasteiger partial charge in [0.15, 0.2) is 5.78 Å². The third-order valence-electron chi connectivity index (χ3n) is 4.83. The minimum Gasteiger partial charge on any atom is -0.508 e. The summed E-state index contributed by atoms with van der Waals surface area (Å²) >= 11 is 0. The number of para-hydroxylation sites is 2. The van der Waals surface area contributed by atoms with Gasteiger partial charge >= 0.3 is 0 Å². The molecule has 0 fully saturated rings. The first-order chi connectivity index (χ1) is 12.8. The lowest BCUT2D eigenvalue weighted by Gasteiger charge is -2.33. The van der Waals surface area contributed by atoms with Gasteiger partial charge in [0.2, 0.25) is 0 Å². The molecule has 7 heteroatoms. The van der Waals surface area contributed by atoms with Crippen molar-refractivity contribution in [2.24, 2.45) is 5.73 Å². The summed E-state index contributed by atoms with van der Waals surface area (Å²) in [5, 5.41) is 10.0. The molecule has 4 N–H and O–H groups in total. The molecule has 3 aromatic rings. The van der Waals surface area contributed by atoms with E-state index < -0.39 is 5.54 Å². The number of imidazole rings is 1. The molecular weight excluding hydrogens is 344 g/mol. The van der Waals surface area contributed by atoms with E-state index in [1.54, 1.807) is 30.9 Å². The lowest BCUT2D eigenvalue weighted by molar-refractivity contribution is -0.116. The monoisotopic (exact) mass is 364 g/mol. The number of methoxy groups -OCH3 is 1. The van der Waals surface area contributed by atoms with Gasteiger partial charge in [-0.1, -0.05) is 12.1 Å². The maximum Gasteiger partial charge on any atom is 0.195 e. The number of aromatic amines is 1. The van der Waals surface area contributed by atoms with Crippen LogP contribution in [0.1, 0.15) is 19.7 Å². The number of phenols is 1. The van der Waals surface area contributed by atoms with E-state index in [9.17, 15) is 9.90 Å². The number of ether oxygens (including phenoxy) is 1. The second kappa shape index (κ2) is 5.77. The SMILES string of the molecule is COc1cc(O)cc(N2C(N)=C(c3nc4ccccc4[nH]3)C(=O)C2(C)C)c1. The fourth-order valence-electron chi connectivity index (χ4n) is 3.51. The van der Waals surface area contributed by atoms with Crippen LogP contribution in [-0.2, 0) is 4.79 Å². The van der Waals surface area contributed by atoms with E-state index in [2.05, 4.69) is 9.97 Å². The summed E-state index contributed by atoms with van der Waals surface area (Å²) in [4.78, 5) is 22.6. The number of aromatic nitrogens is 2. The molecule has 0 unspecified atom stereocenters. The highest BCUT2D eigenvalue weighted by atomic mass is 16.5. The Morgan fingerprint density at radius 2 is 1.96 bits per heavy atom. The van der Waals surface area contributed by atoms with Crippen molar-refractivity contribution in [1.82, 2.24) is 9.97 Å². The van der Waals surface area contributed by atoms with E-state index in [0.29, 0.717) is 22.8 Å². The highest BCUT2D eigenvalue weighted by Gasteiger charge is 2.47. The number of phenolic OH excluding ortho intramolecular Hbond substituents is 1. The van der Waals surface area contributed by atoms with Gasteiger partial charge in [0, 0.05) is 18.2 Å². The third kappa shape index (κ3) is 2.51. The zero-order valence-corrected chi connectivity index (χ0v) is 15.3. The zero-order chi connectivity index (χ0) is 19.3. The van der Waals surface area contributed by atoms with Crippen LogP contribution in [0.4, 0.5) is 5.69 Å². The van der Waals surface area contributed by atoms with Crippen LogP contribution < -0.4 is 15.4 Å². The van der Waals surface area contributed by atoms with E-state index in [-0.39, 0.29) is 17.4 Å². The molecule has 0 radical (unpaired) electrons. The van der Waals surface area contributed by atoms with E-state index in [4.69, 9.17) is 10.5 Å². The van der Waals surface area contributed by atoms with Gasteiger partial charge in [-0.25, -0.2) is 4.98 Å². The Morgan fingerprint density at radius 3 is 2.67 bits per heavy atom. The van der Waals surface area contributed by atoms with E-state index in [1.807, 2.05) is 24.3 Å². The van der Waals surface area contributed by atoms with Gasteiger partial charge in [-0.05, 0) is 26.0 Å². The first-order valence-electron chi connectivity index (χ1n) is 8.51. The Kier molecular flexibility index (Phi) is 3.62. The topological polar surface area (TPSA) is 104 Å². The minimum atomic E-state index is -0.947. The zero-order valence-electron chi connectivity index (χ0n) is 15.3. The summed E-state index contributed by atoms with van der Waals surface area (Å²) in [7, 11) is 1.51. The van der Waals surface area contributed by atoms with Crippen LogP contribution in [0.15, 0.2) is 48.3 Å². The normalized spacial score (nSPS) is 16.4. The Hall–Kier alpha value is -3.48. The summed E-state index contributed by atoms with van der Waals surface area (Å²) in [6.45, 7) is 3.57. The summed E-state index contributed by atoms with van der Waals surface area (Å²) < 4.78 is 5.23. The first-order valence-corrected chi connectivity index (χ1v) is 8.51. The molecule has 4 rings (SSSR count). The molecule has 0 saturated carbocycles. The van der Waals surface area contributed by atoms with E-state index in [0.717, 1.165) is 11.0 Å². The number of anilines is 1. The number of nitrogens with two attached hydrogens (primary N) is 1. The molecule has 2 aromatic carbocycles. The predicted molar refractivity (Wildman–Crippen MR) is 103 cm³/mol. The molecule has 1 aliphatic rings. The van der Waals surface area contributed by atoms with Gasteiger partial charge in [-0.3, -0.25) is 4.79 Å². The molecule has 7 nitrogen and oxygen atoms in total. The Balaban J connectivity index is 1.90. The molecule has 0 bridgehead atoms. The number of H-pyrrole nitrogens is 1. The number of hydrogen-bond acceptors (Lipinski definition) is 6. The highest BCUT2D eigenvalue weighted by Crippen LogP contribution is 2.42. The number of hydrogen-bond donors (Lipinski definition) is 3. The summed E-state index contributed by atoms with van der Waals surface area (Å²) in [5.41, 5.74) is 7.96. The van der Waals surface area contributed by atoms with Gasteiger partial charge in [-0.2, -0.15) is 0 Å². The second-order valence-corrected chi connectivity index (χ2v) is 6.98. The van der Waals surface area contributed by atoms with Gasteiger partial charge in [0.25, 0.3) is 0 Å². The summed E-state index contributed by atoms with van der Waals surface area (Å²) in [5.74, 6) is 1.05. The van der Waals surface area contributed by atoms with Gasteiger partial charge in [0.1, 0.15) is 34.3 Å². The molecular formula is C20H20N4O3. The van der Waals surface area contributed by atoms with Gasteiger partial charge in [0.05, 0.1) is 23.8 Å². The van der Waals surface area contributed by atoms with Gasteiger partial charge in [-0.15, -0.1) is 0 Å². The number of rotatable bonds is 3. The quantitative estimate of drug-likeness (QED) is 0.660. The van der Waals surface area contributed by atoms with Crippen molar-refractivity contribution in [2.45, 2.75) is 19.4 Å². The highest BCUT2D eigenvalue weighted by molar-refractivity contribution is 6.29. The first kappa shape index (κ1) is 17.0. The van der Waals surface area contributed by atoms with Crippen LogP contribution in [0.3, 0.4) is 0 Å². The Labute approximate surface area is 156 Å². The summed E-state index contributed by atoms with van der Waals surface area (Å²) in [6, 6.07) is 12.3. The molecule has 0 amide bonds. The summed E-state index contributed by atoms with van der Waals surface area (Å²) in [6.07, 6.45) is 0. The van der Waals surface area contributed by atoms with Crippen LogP contribution in [0, 0.1) is 0 Å². The van der Waals surface area contributed by atoms with Crippen molar-refractivity contribution in [1.29, 1.82) is 0 Å². The molecule has 1 aliphatic heterocycles. The number of carbonyl (C=O) groups excluding carboxylic acids is 1. The number of benzene rings is 2. The number of aromatic hydroxyl groups is 1. The van der Waals surface area contributed by atoms with Crippen molar-refractivity contribution >= 4 is 28.1 Å². The largest absolute Gasteiger partial charge is 0.508 e. The van der Waals surface area contributed by atoms with Crippen LogP contribution in [0.2, 0.25) is 0 Å². The maximum atomic E-state index is 13.2. The van der Waals surface area contributed by atoms with Crippen LogP contribution >= 0.6 is 0 Å². The fourth-order valence-corrected chi connectivity index (χ4v) is 3.51. The maximum absolute atomic E-state index is 13.2. The van der Waals surface area contributed by atoms with Crippen molar-refractivity contribution in [3.8, 4) is 11.5 Å². The lowest BCUT2D eigenvalue weighted by atomic mass is 9.95.